The number of carbonyl (C=O) groups is 1. The Morgan fingerprint density at radius 2 is 1.91 bits per heavy atom. The van der Waals surface area contributed by atoms with Crippen LogP contribution in [0.15, 0.2) is 18.2 Å². The van der Waals surface area contributed by atoms with Gasteiger partial charge in [0.25, 0.3) is 0 Å². The topological polar surface area (TPSA) is 68.2 Å². The van der Waals surface area contributed by atoms with Gasteiger partial charge in [-0.25, -0.2) is 4.79 Å². The maximum Gasteiger partial charge on any atom is 0.415 e. The smallest absolute Gasteiger partial charge is 0.415 e. The van der Waals surface area contributed by atoms with Gasteiger partial charge < -0.3 is 19.3 Å². The summed E-state index contributed by atoms with van der Waals surface area (Å²) in [5.41, 5.74) is 0.371. The number of carbonyl (C=O) groups excluding carboxylic acids is 1. The summed E-state index contributed by atoms with van der Waals surface area (Å²) in [7, 11) is 0. The molecule has 1 aliphatic carbocycles. The van der Waals surface area contributed by atoms with Gasteiger partial charge in [0.15, 0.2) is 11.5 Å². The maximum atomic E-state index is 12.3. The molecule has 1 aromatic carbocycles. The van der Waals surface area contributed by atoms with Crippen molar-refractivity contribution in [1.29, 1.82) is 0 Å². The van der Waals surface area contributed by atoms with E-state index >= 15 is 0 Å². The van der Waals surface area contributed by atoms with Crippen molar-refractivity contribution in [3.05, 3.63) is 18.2 Å². The fourth-order valence-electron chi connectivity index (χ4n) is 3.67. The van der Waals surface area contributed by atoms with Gasteiger partial charge in [-0.1, -0.05) is 0 Å². The number of amides is 1. The van der Waals surface area contributed by atoms with Crippen molar-refractivity contribution in [3.8, 4) is 11.5 Å². The molecule has 0 atom stereocenters. The first-order valence-electron chi connectivity index (χ1n) is 8.20. The van der Waals surface area contributed by atoms with E-state index in [1.54, 1.807) is 4.90 Å². The molecule has 4 rings (SSSR count). The monoisotopic (exact) mass is 319 g/mol. The number of nitrogens with zero attached hydrogens (tertiary/aromatic N) is 1. The van der Waals surface area contributed by atoms with Gasteiger partial charge in [0.2, 0.25) is 0 Å². The van der Waals surface area contributed by atoms with Crippen molar-refractivity contribution in [2.75, 3.05) is 31.3 Å². The summed E-state index contributed by atoms with van der Waals surface area (Å²) in [5, 5.41) is 9.27. The Balaban J connectivity index is 1.53. The highest BCUT2D eigenvalue weighted by molar-refractivity contribution is 5.90. The van der Waals surface area contributed by atoms with Gasteiger partial charge in [-0.05, 0) is 43.7 Å². The second kappa shape index (κ2) is 5.60. The molecule has 1 N–H and O–H groups in total. The van der Waals surface area contributed by atoms with Crippen molar-refractivity contribution in [3.63, 3.8) is 0 Å². The number of hydrogen-bond acceptors (Lipinski definition) is 5. The lowest BCUT2D eigenvalue weighted by molar-refractivity contribution is 0.00557. The second-order valence-electron chi connectivity index (χ2n) is 6.59. The van der Waals surface area contributed by atoms with Crippen LogP contribution < -0.4 is 14.4 Å². The summed E-state index contributed by atoms with van der Waals surface area (Å²) < 4.78 is 16.8. The Labute approximate surface area is 134 Å². The average molecular weight is 319 g/mol. The molecule has 6 nitrogen and oxygen atoms in total. The number of fused-ring (bicyclic) bond motifs is 1. The highest BCUT2D eigenvalue weighted by atomic mass is 16.6. The third kappa shape index (κ3) is 2.61. The Morgan fingerprint density at radius 1 is 1.17 bits per heavy atom. The van der Waals surface area contributed by atoms with Crippen LogP contribution in [0.3, 0.4) is 0 Å². The van der Waals surface area contributed by atoms with E-state index in [4.69, 9.17) is 14.2 Å². The van der Waals surface area contributed by atoms with Crippen LogP contribution in [0.5, 0.6) is 11.5 Å². The number of ether oxygens (including phenoxy) is 3. The number of rotatable bonds is 2. The zero-order chi connectivity index (χ0) is 15.9. The standard InChI is InChI=1S/C17H21NO5/c19-10-12-3-5-17(6-4-12)11-18(16(20)23-17)13-1-2-14-15(9-13)22-8-7-21-14/h1-2,9,12,19H,3-8,10-11H2/t12-,17+. The minimum Gasteiger partial charge on any atom is -0.486 e. The van der Waals surface area contributed by atoms with Crippen molar-refractivity contribution < 1.29 is 24.1 Å². The third-order valence-electron chi connectivity index (χ3n) is 5.08. The molecule has 1 saturated heterocycles. The summed E-state index contributed by atoms with van der Waals surface area (Å²) >= 11 is 0. The highest BCUT2D eigenvalue weighted by Crippen LogP contribution is 2.42. The van der Waals surface area contributed by atoms with Gasteiger partial charge in [0.1, 0.15) is 18.8 Å². The minimum atomic E-state index is -0.407. The predicted octanol–water partition coefficient (Wildman–Crippen LogP) is 2.34. The largest absolute Gasteiger partial charge is 0.486 e. The van der Waals surface area contributed by atoms with E-state index in [0.717, 1.165) is 31.4 Å². The fourth-order valence-corrected chi connectivity index (χ4v) is 3.67. The zero-order valence-electron chi connectivity index (χ0n) is 13.0. The highest BCUT2D eigenvalue weighted by Gasteiger charge is 2.47. The third-order valence-corrected chi connectivity index (χ3v) is 5.08. The number of aliphatic hydroxyl groups is 1. The molecule has 0 radical (unpaired) electrons. The van der Waals surface area contributed by atoms with Crippen LogP contribution in [-0.4, -0.2) is 43.2 Å². The lowest BCUT2D eigenvalue weighted by Crippen LogP contribution is -2.39. The molecule has 3 aliphatic rings. The molecule has 2 heterocycles. The van der Waals surface area contributed by atoms with Crippen molar-refractivity contribution in [2.45, 2.75) is 31.3 Å². The molecule has 0 unspecified atom stereocenters. The first-order chi connectivity index (χ1) is 11.2. The van der Waals surface area contributed by atoms with Gasteiger partial charge in [-0.15, -0.1) is 0 Å². The molecule has 124 valence electrons. The maximum absolute atomic E-state index is 12.3. The SMILES string of the molecule is O=C1O[C@]2(CC[C@@H](CO)CC2)CN1c1ccc2c(c1)OCCO2. The van der Waals surface area contributed by atoms with E-state index in [1.807, 2.05) is 18.2 Å². The van der Waals surface area contributed by atoms with E-state index in [1.165, 1.54) is 0 Å². The van der Waals surface area contributed by atoms with Crippen molar-refractivity contribution in [2.24, 2.45) is 5.92 Å². The Kier molecular flexibility index (Phi) is 3.56. The molecular weight excluding hydrogens is 298 g/mol. The first-order valence-corrected chi connectivity index (χ1v) is 8.20. The number of aliphatic hydroxyl groups excluding tert-OH is 1. The molecule has 6 heteroatoms. The second-order valence-corrected chi connectivity index (χ2v) is 6.59. The zero-order valence-corrected chi connectivity index (χ0v) is 13.0. The van der Waals surface area contributed by atoms with E-state index in [0.29, 0.717) is 37.2 Å². The molecule has 0 aromatic heterocycles. The van der Waals surface area contributed by atoms with E-state index in [9.17, 15) is 9.90 Å². The molecule has 2 aliphatic heterocycles. The van der Waals surface area contributed by atoms with E-state index in [-0.39, 0.29) is 12.7 Å². The summed E-state index contributed by atoms with van der Waals surface area (Å²) in [5.74, 6) is 1.72. The van der Waals surface area contributed by atoms with Crippen molar-refractivity contribution in [1.82, 2.24) is 0 Å². The van der Waals surface area contributed by atoms with Gasteiger partial charge >= 0.3 is 6.09 Å². The average Bonchev–Trinajstić information content (AvgIpc) is 2.91. The summed E-state index contributed by atoms with van der Waals surface area (Å²) in [6.45, 7) is 1.85. The van der Waals surface area contributed by atoms with Gasteiger partial charge in [0.05, 0.1) is 12.2 Å². The summed E-state index contributed by atoms with van der Waals surface area (Å²) in [4.78, 5) is 14.0. The van der Waals surface area contributed by atoms with E-state index in [2.05, 4.69) is 0 Å². The van der Waals surface area contributed by atoms with E-state index < -0.39 is 5.60 Å². The number of anilines is 1. The predicted molar refractivity (Wildman–Crippen MR) is 83.0 cm³/mol. The van der Waals surface area contributed by atoms with Crippen LogP contribution in [0.25, 0.3) is 0 Å². The molecule has 23 heavy (non-hydrogen) atoms. The van der Waals surface area contributed by atoms with Crippen LogP contribution in [0.1, 0.15) is 25.7 Å². The molecule has 0 bridgehead atoms. The summed E-state index contributed by atoms with van der Waals surface area (Å²) in [6, 6.07) is 5.55. The molecular formula is C17H21NO5. The van der Waals surface area contributed by atoms with Crippen LogP contribution in [0, 0.1) is 5.92 Å². The lowest BCUT2D eigenvalue weighted by Gasteiger charge is -2.34. The van der Waals surface area contributed by atoms with Crippen molar-refractivity contribution >= 4 is 11.8 Å². The molecule has 1 saturated carbocycles. The number of benzene rings is 1. The molecule has 1 aromatic rings. The van der Waals surface area contributed by atoms with Crippen LogP contribution in [0.2, 0.25) is 0 Å². The van der Waals surface area contributed by atoms with Gasteiger partial charge in [-0.2, -0.15) is 0 Å². The molecule has 2 fully saturated rings. The quantitative estimate of drug-likeness (QED) is 0.906. The fraction of sp³-hybridized carbons (Fsp3) is 0.588. The lowest BCUT2D eigenvalue weighted by atomic mass is 9.79. The molecule has 1 amide bonds. The Hall–Kier alpha value is -1.95. The molecule has 1 spiro atoms. The van der Waals surface area contributed by atoms with Crippen LogP contribution in [0.4, 0.5) is 10.5 Å². The van der Waals surface area contributed by atoms with Gasteiger partial charge in [0, 0.05) is 12.7 Å². The number of hydrogen-bond donors (Lipinski definition) is 1. The van der Waals surface area contributed by atoms with Gasteiger partial charge in [-0.3, -0.25) is 4.90 Å². The first kappa shape index (κ1) is 14.6. The van der Waals surface area contributed by atoms with Crippen LogP contribution in [-0.2, 0) is 4.74 Å². The van der Waals surface area contributed by atoms with Crippen LogP contribution >= 0.6 is 0 Å². The minimum absolute atomic E-state index is 0.218. The Bertz CT molecular complexity index is 609. The Morgan fingerprint density at radius 3 is 2.65 bits per heavy atom. The normalized spacial score (nSPS) is 29.7. The summed E-state index contributed by atoms with van der Waals surface area (Å²) in [6.07, 6.45) is 3.12.